The molecular formula is C16H20N2S. The Balaban J connectivity index is 1.86. The minimum absolute atomic E-state index is 0.353. The smallest absolute Gasteiger partial charge is 0.0900 e. The van der Waals surface area contributed by atoms with E-state index in [2.05, 4.69) is 67.5 Å². The number of nitrogens with one attached hydrogen (secondary N) is 1. The van der Waals surface area contributed by atoms with E-state index in [-0.39, 0.29) is 0 Å². The molecule has 1 heterocycles. The van der Waals surface area contributed by atoms with Crippen molar-refractivity contribution in [2.45, 2.75) is 26.8 Å². The summed E-state index contributed by atoms with van der Waals surface area (Å²) in [7, 11) is 0. The van der Waals surface area contributed by atoms with Crippen molar-refractivity contribution in [3.63, 3.8) is 0 Å². The molecule has 0 radical (unpaired) electrons. The molecule has 0 amide bonds. The second kappa shape index (κ2) is 6.64. The molecule has 1 N–H and O–H groups in total. The van der Waals surface area contributed by atoms with Crippen LogP contribution in [-0.4, -0.2) is 11.5 Å². The third kappa shape index (κ3) is 4.01. The van der Waals surface area contributed by atoms with Gasteiger partial charge in [0.2, 0.25) is 0 Å². The van der Waals surface area contributed by atoms with Crippen LogP contribution in [0, 0.1) is 13.8 Å². The van der Waals surface area contributed by atoms with Gasteiger partial charge >= 0.3 is 0 Å². The molecule has 0 aliphatic rings. The average Bonchev–Trinajstić information content (AvgIpc) is 2.75. The van der Waals surface area contributed by atoms with Crippen LogP contribution in [-0.2, 0) is 0 Å². The first-order chi connectivity index (χ1) is 9.16. The van der Waals surface area contributed by atoms with Gasteiger partial charge in [-0.05, 0) is 26.3 Å². The first-order valence-electron chi connectivity index (χ1n) is 6.55. The predicted octanol–water partition coefficient (Wildman–Crippen LogP) is 4.12. The molecule has 0 saturated heterocycles. The van der Waals surface area contributed by atoms with Gasteiger partial charge < -0.3 is 5.32 Å². The van der Waals surface area contributed by atoms with Gasteiger partial charge in [0.1, 0.15) is 0 Å². The fourth-order valence-electron chi connectivity index (χ4n) is 2.05. The molecule has 0 saturated carbocycles. The van der Waals surface area contributed by atoms with Gasteiger partial charge in [0.05, 0.1) is 10.7 Å². The van der Waals surface area contributed by atoms with Gasteiger partial charge in [-0.25, -0.2) is 4.98 Å². The molecule has 3 heteroatoms. The molecule has 19 heavy (non-hydrogen) atoms. The van der Waals surface area contributed by atoms with Gasteiger partial charge in [0.25, 0.3) is 0 Å². The molecule has 0 aliphatic heterocycles. The molecule has 0 fully saturated rings. The van der Waals surface area contributed by atoms with Gasteiger partial charge in [-0.3, -0.25) is 0 Å². The van der Waals surface area contributed by atoms with Crippen LogP contribution in [0.1, 0.15) is 34.1 Å². The van der Waals surface area contributed by atoms with E-state index in [1.165, 1.54) is 10.4 Å². The van der Waals surface area contributed by atoms with E-state index in [9.17, 15) is 0 Å². The molecule has 1 aromatic carbocycles. The van der Waals surface area contributed by atoms with E-state index in [0.717, 1.165) is 17.2 Å². The highest BCUT2D eigenvalue weighted by Crippen LogP contribution is 2.24. The predicted molar refractivity (Wildman–Crippen MR) is 83.5 cm³/mol. The number of aryl methyl sites for hydroxylation is 2. The molecule has 0 aliphatic carbocycles. The maximum Gasteiger partial charge on any atom is 0.0900 e. The lowest BCUT2D eigenvalue weighted by Gasteiger charge is -2.10. The maximum atomic E-state index is 4.47. The molecule has 1 atom stereocenters. The summed E-state index contributed by atoms with van der Waals surface area (Å²) >= 11 is 1.78. The van der Waals surface area contributed by atoms with Crippen molar-refractivity contribution >= 4 is 17.4 Å². The summed E-state index contributed by atoms with van der Waals surface area (Å²) in [6.45, 7) is 7.20. The van der Waals surface area contributed by atoms with Crippen molar-refractivity contribution < 1.29 is 0 Å². The number of hydrogen-bond donors (Lipinski definition) is 1. The van der Waals surface area contributed by atoms with E-state index in [1.807, 2.05) is 6.07 Å². The standard InChI is InChI=1S/C16H20N2S/c1-12(16-13(2)18-14(3)19-16)17-11-7-10-15-8-5-4-6-9-15/h4-10,12,17H,11H2,1-3H3. The van der Waals surface area contributed by atoms with Crippen LogP contribution in [0.15, 0.2) is 36.4 Å². The van der Waals surface area contributed by atoms with Crippen molar-refractivity contribution in [1.82, 2.24) is 10.3 Å². The quantitative estimate of drug-likeness (QED) is 0.885. The Bertz CT molecular complexity index is 543. The van der Waals surface area contributed by atoms with Gasteiger partial charge in [0, 0.05) is 17.5 Å². The number of nitrogens with zero attached hydrogens (tertiary/aromatic N) is 1. The molecule has 2 aromatic rings. The van der Waals surface area contributed by atoms with Crippen LogP contribution in [0.3, 0.4) is 0 Å². The van der Waals surface area contributed by atoms with E-state index in [0.29, 0.717) is 6.04 Å². The summed E-state index contributed by atoms with van der Waals surface area (Å²) in [4.78, 5) is 5.81. The third-order valence-electron chi connectivity index (χ3n) is 2.98. The van der Waals surface area contributed by atoms with Crippen molar-refractivity contribution in [3.05, 3.63) is 57.6 Å². The van der Waals surface area contributed by atoms with Crippen LogP contribution < -0.4 is 5.32 Å². The van der Waals surface area contributed by atoms with Gasteiger partial charge in [-0.1, -0.05) is 42.5 Å². The molecule has 100 valence electrons. The number of aromatic nitrogens is 1. The fraction of sp³-hybridized carbons (Fsp3) is 0.312. The topological polar surface area (TPSA) is 24.9 Å². The Morgan fingerprint density at radius 3 is 2.63 bits per heavy atom. The number of thiazole rings is 1. The van der Waals surface area contributed by atoms with Crippen molar-refractivity contribution in [2.24, 2.45) is 0 Å². The summed E-state index contributed by atoms with van der Waals surface area (Å²) in [6.07, 6.45) is 4.31. The third-order valence-corrected chi connectivity index (χ3v) is 4.24. The molecule has 2 nitrogen and oxygen atoms in total. The van der Waals surface area contributed by atoms with E-state index in [1.54, 1.807) is 11.3 Å². The van der Waals surface area contributed by atoms with Crippen LogP contribution >= 0.6 is 11.3 Å². The molecule has 1 unspecified atom stereocenters. The van der Waals surface area contributed by atoms with Crippen molar-refractivity contribution in [2.75, 3.05) is 6.54 Å². The zero-order valence-electron chi connectivity index (χ0n) is 11.7. The number of rotatable bonds is 5. The zero-order chi connectivity index (χ0) is 13.7. The number of hydrogen-bond acceptors (Lipinski definition) is 3. The summed E-state index contributed by atoms with van der Waals surface area (Å²) in [6, 6.07) is 10.7. The highest BCUT2D eigenvalue weighted by molar-refractivity contribution is 7.11. The highest BCUT2D eigenvalue weighted by atomic mass is 32.1. The minimum Gasteiger partial charge on any atom is -0.306 e. The fourth-order valence-corrected chi connectivity index (χ4v) is 3.00. The molecule has 0 spiro atoms. The monoisotopic (exact) mass is 272 g/mol. The van der Waals surface area contributed by atoms with Crippen LogP contribution in [0.25, 0.3) is 6.08 Å². The van der Waals surface area contributed by atoms with E-state index < -0.39 is 0 Å². The molecular weight excluding hydrogens is 252 g/mol. The molecule has 0 bridgehead atoms. The largest absolute Gasteiger partial charge is 0.306 e. The summed E-state index contributed by atoms with van der Waals surface area (Å²) in [5.41, 5.74) is 2.39. The Hall–Kier alpha value is -1.45. The van der Waals surface area contributed by atoms with Crippen LogP contribution in [0.4, 0.5) is 0 Å². The van der Waals surface area contributed by atoms with E-state index in [4.69, 9.17) is 0 Å². The lowest BCUT2D eigenvalue weighted by Crippen LogP contribution is -2.18. The SMILES string of the molecule is Cc1nc(C)c(C(C)NCC=Cc2ccccc2)s1. The second-order valence-corrected chi connectivity index (χ2v) is 5.86. The van der Waals surface area contributed by atoms with Gasteiger partial charge in [0.15, 0.2) is 0 Å². The normalized spacial score (nSPS) is 13.0. The molecule has 2 rings (SSSR count). The van der Waals surface area contributed by atoms with Crippen LogP contribution in [0.5, 0.6) is 0 Å². The second-order valence-electron chi connectivity index (χ2n) is 4.63. The lowest BCUT2D eigenvalue weighted by atomic mass is 10.2. The first-order valence-corrected chi connectivity index (χ1v) is 7.37. The summed E-state index contributed by atoms with van der Waals surface area (Å²) in [5, 5.41) is 4.65. The highest BCUT2D eigenvalue weighted by Gasteiger charge is 2.11. The first kappa shape index (κ1) is 14.0. The van der Waals surface area contributed by atoms with Gasteiger partial charge in [-0.15, -0.1) is 11.3 Å². The minimum atomic E-state index is 0.353. The van der Waals surface area contributed by atoms with E-state index >= 15 is 0 Å². The maximum absolute atomic E-state index is 4.47. The Kier molecular flexibility index (Phi) is 4.88. The van der Waals surface area contributed by atoms with Crippen molar-refractivity contribution in [1.29, 1.82) is 0 Å². The zero-order valence-corrected chi connectivity index (χ0v) is 12.5. The summed E-state index contributed by atoms with van der Waals surface area (Å²) in [5.74, 6) is 0. The average molecular weight is 272 g/mol. The Morgan fingerprint density at radius 2 is 2.00 bits per heavy atom. The molecule has 1 aromatic heterocycles. The Morgan fingerprint density at radius 1 is 1.26 bits per heavy atom. The van der Waals surface area contributed by atoms with Crippen LogP contribution in [0.2, 0.25) is 0 Å². The Labute approximate surface area is 119 Å². The number of benzene rings is 1. The van der Waals surface area contributed by atoms with Gasteiger partial charge in [-0.2, -0.15) is 0 Å². The lowest BCUT2D eigenvalue weighted by molar-refractivity contribution is 0.623. The summed E-state index contributed by atoms with van der Waals surface area (Å²) < 4.78 is 0. The van der Waals surface area contributed by atoms with Crippen molar-refractivity contribution in [3.8, 4) is 0 Å².